The second kappa shape index (κ2) is 6.12. The average molecular weight is 330 g/mol. The lowest BCUT2D eigenvalue weighted by atomic mass is 10.1. The SMILES string of the molecule is CC(C)Cc1nc(-c2ccc(Cl)c(Cl)c2)sc1C(=O)O. The lowest BCUT2D eigenvalue weighted by molar-refractivity contribution is 0.0700. The Morgan fingerprint density at radius 3 is 2.60 bits per heavy atom. The van der Waals surface area contributed by atoms with E-state index in [4.69, 9.17) is 23.2 Å². The number of benzene rings is 1. The Hall–Kier alpha value is -1.10. The Balaban J connectivity index is 2.46. The highest BCUT2D eigenvalue weighted by Crippen LogP contribution is 2.33. The number of halogens is 2. The van der Waals surface area contributed by atoms with Crippen LogP contribution >= 0.6 is 34.5 Å². The van der Waals surface area contributed by atoms with Crippen LogP contribution in [0.5, 0.6) is 0 Å². The summed E-state index contributed by atoms with van der Waals surface area (Å²) >= 11 is 13.0. The summed E-state index contributed by atoms with van der Waals surface area (Å²) < 4.78 is 0. The van der Waals surface area contributed by atoms with Crippen molar-refractivity contribution in [3.63, 3.8) is 0 Å². The standard InChI is InChI=1S/C14H13Cl2NO2S/c1-7(2)5-11-12(14(18)19)20-13(17-11)8-3-4-9(15)10(16)6-8/h3-4,6-7H,5H2,1-2H3,(H,18,19). The highest BCUT2D eigenvalue weighted by atomic mass is 35.5. The summed E-state index contributed by atoms with van der Waals surface area (Å²) in [7, 11) is 0. The molecule has 106 valence electrons. The van der Waals surface area contributed by atoms with Gasteiger partial charge in [-0.2, -0.15) is 0 Å². The van der Waals surface area contributed by atoms with Gasteiger partial charge in [0.2, 0.25) is 0 Å². The molecule has 0 unspecified atom stereocenters. The number of hydrogen-bond acceptors (Lipinski definition) is 3. The molecule has 20 heavy (non-hydrogen) atoms. The van der Waals surface area contributed by atoms with Crippen molar-refractivity contribution in [3.05, 3.63) is 38.8 Å². The lowest BCUT2D eigenvalue weighted by Crippen LogP contribution is -2.02. The first kappa shape index (κ1) is 15.3. The predicted octanol–water partition coefficient (Wildman–Crippen LogP) is 5.01. The highest BCUT2D eigenvalue weighted by molar-refractivity contribution is 7.17. The van der Waals surface area contributed by atoms with Gasteiger partial charge in [-0.15, -0.1) is 11.3 Å². The molecule has 0 aliphatic heterocycles. The van der Waals surface area contributed by atoms with E-state index < -0.39 is 5.97 Å². The van der Waals surface area contributed by atoms with Crippen molar-refractivity contribution in [2.45, 2.75) is 20.3 Å². The molecule has 0 aliphatic rings. The van der Waals surface area contributed by atoms with Crippen LogP contribution in [0.3, 0.4) is 0 Å². The molecule has 0 bridgehead atoms. The van der Waals surface area contributed by atoms with Crippen LogP contribution < -0.4 is 0 Å². The summed E-state index contributed by atoms with van der Waals surface area (Å²) in [6.07, 6.45) is 0.638. The van der Waals surface area contributed by atoms with Crippen LogP contribution in [0, 0.1) is 5.92 Å². The van der Waals surface area contributed by atoms with Crippen LogP contribution in [0.4, 0.5) is 0 Å². The van der Waals surface area contributed by atoms with E-state index in [0.717, 1.165) is 16.9 Å². The fourth-order valence-electron chi connectivity index (χ4n) is 1.80. The van der Waals surface area contributed by atoms with Crippen molar-refractivity contribution < 1.29 is 9.90 Å². The van der Waals surface area contributed by atoms with Crippen molar-refractivity contribution in [3.8, 4) is 10.6 Å². The van der Waals surface area contributed by atoms with Crippen molar-refractivity contribution in [1.82, 2.24) is 4.98 Å². The first-order chi connectivity index (χ1) is 9.38. The molecule has 0 saturated heterocycles. The van der Waals surface area contributed by atoms with Crippen molar-refractivity contribution in [2.24, 2.45) is 5.92 Å². The predicted molar refractivity (Wildman–Crippen MR) is 83.1 cm³/mol. The van der Waals surface area contributed by atoms with Gasteiger partial charge in [-0.1, -0.05) is 43.1 Å². The van der Waals surface area contributed by atoms with Crippen LogP contribution in [-0.4, -0.2) is 16.1 Å². The second-order valence-electron chi connectivity index (χ2n) is 4.83. The third-order valence-electron chi connectivity index (χ3n) is 2.66. The van der Waals surface area contributed by atoms with Gasteiger partial charge in [0, 0.05) is 5.56 Å². The van der Waals surface area contributed by atoms with E-state index >= 15 is 0 Å². The van der Waals surface area contributed by atoms with Gasteiger partial charge in [0.25, 0.3) is 0 Å². The number of aromatic nitrogens is 1. The van der Waals surface area contributed by atoms with E-state index in [1.165, 1.54) is 0 Å². The minimum Gasteiger partial charge on any atom is -0.477 e. The minimum atomic E-state index is -0.940. The van der Waals surface area contributed by atoms with Crippen molar-refractivity contribution >= 4 is 40.5 Å². The van der Waals surface area contributed by atoms with Gasteiger partial charge >= 0.3 is 5.97 Å². The maximum Gasteiger partial charge on any atom is 0.347 e. The van der Waals surface area contributed by atoms with E-state index in [2.05, 4.69) is 4.98 Å². The monoisotopic (exact) mass is 329 g/mol. The molecule has 0 radical (unpaired) electrons. The van der Waals surface area contributed by atoms with Gasteiger partial charge in [-0.25, -0.2) is 9.78 Å². The van der Waals surface area contributed by atoms with Gasteiger partial charge in [0.15, 0.2) is 0 Å². The third kappa shape index (κ3) is 3.32. The molecule has 1 aromatic carbocycles. The Bertz CT molecular complexity index is 653. The summed E-state index contributed by atoms with van der Waals surface area (Å²) in [6, 6.07) is 5.18. The molecule has 6 heteroatoms. The summed E-state index contributed by atoms with van der Waals surface area (Å²) in [6.45, 7) is 4.06. The molecule has 0 atom stereocenters. The van der Waals surface area contributed by atoms with Crippen molar-refractivity contribution in [2.75, 3.05) is 0 Å². The van der Waals surface area contributed by atoms with Gasteiger partial charge in [-0.05, 0) is 24.5 Å². The number of carboxylic acid groups (broad SMARTS) is 1. The zero-order valence-electron chi connectivity index (χ0n) is 11.0. The quantitative estimate of drug-likeness (QED) is 0.857. The molecule has 3 nitrogen and oxygen atoms in total. The minimum absolute atomic E-state index is 0.291. The third-order valence-corrected chi connectivity index (χ3v) is 4.53. The van der Waals surface area contributed by atoms with Gasteiger partial charge in [-0.3, -0.25) is 0 Å². The maximum atomic E-state index is 11.3. The van der Waals surface area contributed by atoms with Gasteiger partial charge in [0.05, 0.1) is 15.7 Å². The Morgan fingerprint density at radius 2 is 2.05 bits per heavy atom. The van der Waals surface area contributed by atoms with Crippen molar-refractivity contribution in [1.29, 1.82) is 0 Å². The van der Waals surface area contributed by atoms with Crippen LogP contribution in [0.2, 0.25) is 10.0 Å². The van der Waals surface area contributed by atoms with E-state index in [0.29, 0.717) is 38.0 Å². The normalized spacial score (nSPS) is 11.1. The second-order valence-corrected chi connectivity index (χ2v) is 6.64. The number of carbonyl (C=O) groups is 1. The van der Waals surface area contributed by atoms with E-state index in [1.807, 2.05) is 13.8 Å². The molecule has 0 fully saturated rings. The zero-order valence-corrected chi connectivity index (χ0v) is 13.3. The van der Waals surface area contributed by atoms with Crippen LogP contribution in [0.1, 0.15) is 29.2 Å². The molecule has 1 aromatic heterocycles. The van der Waals surface area contributed by atoms with E-state index in [1.54, 1.807) is 18.2 Å². The molecule has 2 rings (SSSR count). The summed E-state index contributed by atoms with van der Waals surface area (Å²) in [5.41, 5.74) is 1.40. The molecule has 0 saturated carbocycles. The number of hydrogen-bond donors (Lipinski definition) is 1. The Labute approximate surface area is 131 Å². The molecular weight excluding hydrogens is 317 g/mol. The number of thiazole rings is 1. The molecule has 0 spiro atoms. The Kier molecular flexibility index (Phi) is 4.68. The van der Waals surface area contributed by atoms with Crippen LogP contribution in [-0.2, 0) is 6.42 Å². The van der Waals surface area contributed by atoms with E-state index in [-0.39, 0.29) is 0 Å². The van der Waals surface area contributed by atoms with E-state index in [9.17, 15) is 9.90 Å². The summed E-state index contributed by atoms with van der Waals surface area (Å²) in [5, 5.41) is 10.8. The van der Waals surface area contributed by atoms with Crippen LogP contribution in [0.15, 0.2) is 18.2 Å². The fourth-order valence-corrected chi connectivity index (χ4v) is 3.02. The van der Waals surface area contributed by atoms with Gasteiger partial charge in [0.1, 0.15) is 9.88 Å². The van der Waals surface area contributed by atoms with Gasteiger partial charge < -0.3 is 5.11 Å². The molecule has 0 aliphatic carbocycles. The molecule has 2 aromatic rings. The first-order valence-electron chi connectivity index (χ1n) is 6.07. The summed E-state index contributed by atoms with van der Waals surface area (Å²) in [4.78, 5) is 16.0. The number of aromatic carboxylic acids is 1. The molecule has 1 N–H and O–H groups in total. The average Bonchev–Trinajstić information content (AvgIpc) is 2.76. The number of nitrogens with zero attached hydrogens (tertiary/aromatic N) is 1. The van der Waals surface area contributed by atoms with Crippen LogP contribution in [0.25, 0.3) is 10.6 Å². The highest BCUT2D eigenvalue weighted by Gasteiger charge is 2.19. The fraction of sp³-hybridized carbons (Fsp3) is 0.286. The number of rotatable bonds is 4. The molecular formula is C14H13Cl2NO2S. The topological polar surface area (TPSA) is 50.2 Å². The number of carboxylic acids is 1. The largest absolute Gasteiger partial charge is 0.477 e. The lowest BCUT2D eigenvalue weighted by Gasteiger charge is -2.01. The Morgan fingerprint density at radius 1 is 1.35 bits per heavy atom. The smallest absolute Gasteiger partial charge is 0.347 e. The molecule has 1 heterocycles. The summed E-state index contributed by atoms with van der Waals surface area (Å²) in [5.74, 6) is -0.596. The maximum absolute atomic E-state index is 11.3. The zero-order chi connectivity index (χ0) is 14.9. The first-order valence-corrected chi connectivity index (χ1v) is 7.64. The molecule has 0 amide bonds.